The molecule has 0 fully saturated rings. The van der Waals surface area contributed by atoms with Gasteiger partial charge in [-0.2, -0.15) is 0 Å². The lowest BCUT2D eigenvalue weighted by atomic mass is 10.1. The van der Waals surface area contributed by atoms with Crippen LogP contribution < -0.4 is 22.1 Å². The first-order valence-electron chi connectivity index (χ1n) is 7.61. The Morgan fingerprint density at radius 2 is 1.69 bits per heavy atom. The third-order valence-electron chi connectivity index (χ3n) is 3.44. The smallest absolute Gasteiger partial charge is 0.248 e. The third kappa shape index (κ3) is 5.15. The van der Waals surface area contributed by atoms with Gasteiger partial charge in [-0.15, -0.1) is 11.3 Å². The number of primary amides is 2. The predicted octanol–water partition coefficient (Wildman–Crippen LogP) is 1.15. The van der Waals surface area contributed by atoms with Gasteiger partial charge in [-0.3, -0.25) is 19.2 Å². The Labute approximate surface area is 153 Å². The van der Waals surface area contributed by atoms with Crippen LogP contribution in [0.15, 0.2) is 35.7 Å². The SMILES string of the molecule is CC(=O)N[C@@H](CC(=O)Nc1cc(C(N)=O)cc(C(N)=O)c1)c1cccs1. The van der Waals surface area contributed by atoms with Crippen LogP contribution in [0.2, 0.25) is 0 Å². The van der Waals surface area contributed by atoms with Gasteiger partial charge in [-0.05, 0) is 29.6 Å². The molecule has 26 heavy (non-hydrogen) atoms. The van der Waals surface area contributed by atoms with Crippen LogP contribution in [0.25, 0.3) is 0 Å². The molecular weight excluding hydrogens is 356 g/mol. The second-order valence-corrected chi connectivity index (χ2v) is 6.53. The van der Waals surface area contributed by atoms with E-state index in [9.17, 15) is 19.2 Å². The van der Waals surface area contributed by atoms with Crippen LogP contribution in [0, 0.1) is 0 Å². The quantitative estimate of drug-likeness (QED) is 0.576. The van der Waals surface area contributed by atoms with Gasteiger partial charge < -0.3 is 22.1 Å². The van der Waals surface area contributed by atoms with Gasteiger partial charge in [0.25, 0.3) is 0 Å². The highest BCUT2D eigenvalue weighted by atomic mass is 32.1. The monoisotopic (exact) mass is 374 g/mol. The highest BCUT2D eigenvalue weighted by Gasteiger charge is 2.19. The Morgan fingerprint density at radius 1 is 1.08 bits per heavy atom. The number of carbonyl (C=O) groups excluding carboxylic acids is 4. The lowest BCUT2D eigenvalue weighted by Gasteiger charge is -2.16. The van der Waals surface area contributed by atoms with Gasteiger partial charge in [0.15, 0.2) is 0 Å². The molecule has 0 radical (unpaired) electrons. The first-order chi connectivity index (χ1) is 12.3. The zero-order chi connectivity index (χ0) is 19.3. The molecule has 0 aliphatic rings. The second kappa shape index (κ2) is 8.26. The van der Waals surface area contributed by atoms with Crippen molar-refractivity contribution in [3.63, 3.8) is 0 Å². The predicted molar refractivity (Wildman–Crippen MR) is 97.6 cm³/mol. The summed E-state index contributed by atoms with van der Waals surface area (Å²) in [5, 5.41) is 7.16. The third-order valence-corrected chi connectivity index (χ3v) is 4.43. The van der Waals surface area contributed by atoms with E-state index in [1.807, 2.05) is 17.5 Å². The molecule has 6 N–H and O–H groups in total. The molecule has 2 rings (SSSR count). The van der Waals surface area contributed by atoms with E-state index in [-0.39, 0.29) is 29.1 Å². The van der Waals surface area contributed by atoms with E-state index in [0.29, 0.717) is 0 Å². The normalized spacial score (nSPS) is 11.4. The van der Waals surface area contributed by atoms with Crippen molar-refractivity contribution in [2.24, 2.45) is 11.5 Å². The number of amides is 4. The average Bonchev–Trinajstić information content (AvgIpc) is 3.07. The summed E-state index contributed by atoms with van der Waals surface area (Å²) in [6, 6.07) is 7.12. The Morgan fingerprint density at radius 3 is 2.15 bits per heavy atom. The minimum Gasteiger partial charge on any atom is -0.366 e. The lowest BCUT2D eigenvalue weighted by Crippen LogP contribution is -2.29. The van der Waals surface area contributed by atoms with Gasteiger partial charge in [0.1, 0.15) is 0 Å². The van der Waals surface area contributed by atoms with Crippen molar-refractivity contribution in [2.45, 2.75) is 19.4 Å². The number of hydrogen-bond acceptors (Lipinski definition) is 5. The van der Waals surface area contributed by atoms with Gasteiger partial charge in [-0.25, -0.2) is 0 Å². The van der Waals surface area contributed by atoms with E-state index in [4.69, 9.17) is 11.5 Å². The summed E-state index contributed by atoms with van der Waals surface area (Å²) < 4.78 is 0. The maximum absolute atomic E-state index is 12.4. The minimum atomic E-state index is -0.752. The van der Waals surface area contributed by atoms with Crippen LogP contribution in [0.5, 0.6) is 0 Å². The molecule has 1 atom stereocenters. The molecule has 1 aromatic carbocycles. The van der Waals surface area contributed by atoms with Crippen LogP contribution in [-0.4, -0.2) is 23.6 Å². The van der Waals surface area contributed by atoms with Crippen LogP contribution in [0.4, 0.5) is 5.69 Å². The van der Waals surface area contributed by atoms with Crippen molar-refractivity contribution in [2.75, 3.05) is 5.32 Å². The topological polar surface area (TPSA) is 144 Å². The summed E-state index contributed by atoms with van der Waals surface area (Å²) in [4.78, 5) is 47.4. The standard InChI is InChI=1S/C17H18N4O4S/c1-9(22)20-13(14-3-2-4-26-14)8-15(23)21-12-6-10(16(18)24)5-11(7-12)17(19)25/h2-7,13H,8H2,1H3,(H2,18,24)(H2,19,25)(H,20,22)(H,21,23)/t13-/m0/s1. The number of carbonyl (C=O) groups is 4. The molecule has 1 heterocycles. The maximum atomic E-state index is 12.4. The summed E-state index contributed by atoms with van der Waals surface area (Å²) in [5.41, 5.74) is 10.8. The number of rotatable bonds is 7. The van der Waals surface area contributed by atoms with Gasteiger partial charge in [0.2, 0.25) is 23.6 Å². The molecule has 9 heteroatoms. The number of nitrogens with two attached hydrogens (primary N) is 2. The van der Waals surface area contributed by atoms with Crippen molar-refractivity contribution in [1.29, 1.82) is 0 Å². The molecule has 0 saturated carbocycles. The second-order valence-electron chi connectivity index (χ2n) is 5.55. The highest BCUT2D eigenvalue weighted by Crippen LogP contribution is 2.23. The van der Waals surface area contributed by atoms with E-state index in [1.165, 1.54) is 36.5 Å². The van der Waals surface area contributed by atoms with E-state index in [0.717, 1.165) is 4.88 Å². The van der Waals surface area contributed by atoms with Crippen molar-refractivity contribution in [3.05, 3.63) is 51.7 Å². The fourth-order valence-electron chi connectivity index (χ4n) is 2.34. The molecule has 2 aromatic rings. The summed E-state index contributed by atoms with van der Waals surface area (Å²) in [5.74, 6) is -2.17. The minimum absolute atomic E-state index is 0.0210. The molecular formula is C17H18N4O4S. The summed E-state index contributed by atoms with van der Waals surface area (Å²) >= 11 is 1.42. The summed E-state index contributed by atoms with van der Waals surface area (Å²) in [6.45, 7) is 1.37. The fraction of sp³-hybridized carbons (Fsp3) is 0.176. The molecule has 0 spiro atoms. The van der Waals surface area contributed by atoms with Crippen LogP contribution in [0.3, 0.4) is 0 Å². The van der Waals surface area contributed by atoms with E-state index in [1.54, 1.807) is 0 Å². The first kappa shape index (κ1) is 19.1. The molecule has 0 unspecified atom stereocenters. The first-order valence-corrected chi connectivity index (χ1v) is 8.49. The van der Waals surface area contributed by atoms with E-state index < -0.39 is 23.8 Å². The molecule has 1 aromatic heterocycles. The Balaban J connectivity index is 2.19. The van der Waals surface area contributed by atoms with Crippen LogP contribution >= 0.6 is 11.3 Å². The van der Waals surface area contributed by atoms with Gasteiger partial charge in [-0.1, -0.05) is 6.07 Å². The van der Waals surface area contributed by atoms with Gasteiger partial charge in [0.05, 0.1) is 12.5 Å². The highest BCUT2D eigenvalue weighted by molar-refractivity contribution is 7.10. The average molecular weight is 374 g/mol. The maximum Gasteiger partial charge on any atom is 0.248 e. The van der Waals surface area contributed by atoms with Crippen molar-refractivity contribution in [3.8, 4) is 0 Å². The molecule has 0 saturated heterocycles. The molecule has 0 bridgehead atoms. The number of hydrogen-bond donors (Lipinski definition) is 4. The zero-order valence-corrected chi connectivity index (χ0v) is 14.8. The Bertz CT molecular complexity index is 816. The van der Waals surface area contributed by atoms with Crippen LogP contribution in [0.1, 0.15) is 45.0 Å². The molecule has 0 aliphatic heterocycles. The molecule has 0 aliphatic carbocycles. The largest absolute Gasteiger partial charge is 0.366 e. The van der Waals surface area contributed by atoms with Gasteiger partial charge in [0, 0.05) is 28.6 Å². The van der Waals surface area contributed by atoms with Gasteiger partial charge >= 0.3 is 0 Å². The Kier molecular flexibility index (Phi) is 6.07. The number of anilines is 1. The van der Waals surface area contributed by atoms with Crippen molar-refractivity contribution in [1.82, 2.24) is 5.32 Å². The molecule has 136 valence electrons. The fourth-order valence-corrected chi connectivity index (χ4v) is 3.12. The van der Waals surface area contributed by atoms with E-state index in [2.05, 4.69) is 10.6 Å². The lowest BCUT2D eigenvalue weighted by molar-refractivity contribution is -0.120. The molecule has 8 nitrogen and oxygen atoms in total. The van der Waals surface area contributed by atoms with Crippen molar-refractivity contribution >= 4 is 40.7 Å². The molecule has 4 amide bonds. The number of nitrogens with one attached hydrogen (secondary N) is 2. The zero-order valence-electron chi connectivity index (χ0n) is 13.9. The van der Waals surface area contributed by atoms with E-state index >= 15 is 0 Å². The number of benzene rings is 1. The van der Waals surface area contributed by atoms with Crippen molar-refractivity contribution < 1.29 is 19.2 Å². The summed E-state index contributed by atoms with van der Waals surface area (Å²) in [6.07, 6.45) is -0.0210. The Hall–Kier alpha value is -3.20. The number of thiophene rings is 1. The van der Waals surface area contributed by atoms with Crippen LogP contribution in [-0.2, 0) is 9.59 Å². The summed E-state index contributed by atoms with van der Waals surface area (Å²) in [7, 11) is 0.